The average molecular weight is 324 g/mol. The zero-order valence-electron chi connectivity index (χ0n) is 9.27. The lowest BCUT2D eigenvalue weighted by Crippen LogP contribution is -2.15. The molecule has 1 N–H and O–H groups in total. The van der Waals surface area contributed by atoms with Crippen molar-refractivity contribution in [3.8, 4) is 0 Å². The molecule has 0 saturated heterocycles. The monoisotopic (exact) mass is 323 g/mol. The van der Waals surface area contributed by atoms with Crippen LogP contribution in [0.3, 0.4) is 0 Å². The van der Waals surface area contributed by atoms with Gasteiger partial charge < -0.3 is 0 Å². The molecule has 9 nitrogen and oxygen atoms in total. The number of hydrogen-bond acceptors (Lipinski definition) is 7. The summed E-state index contributed by atoms with van der Waals surface area (Å²) in [4.78, 5) is 13.6. The van der Waals surface area contributed by atoms with Crippen molar-refractivity contribution in [2.45, 2.75) is 4.21 Å². The van der Waals surface area contributed by atoms with Crippen LogP contribution in [0.15, 0.2) is 16.6 Å². The van der Waals surface area contributed by atoms with E-state index in [9.17, 15) is 18.5 Å². The first kappa shape index (κ1) is 13.7. The molecule has 0 atom stereocenters. The summed E-state index contributed by atoms with van der Waals surface area (Å²) < 4.78 is 26.8. The van der Waals surface area contributed by atoms with Crippen LogP contribution in [0.2, 0.25) is 4.34 Å². The molecule has 0 unspecified atom stereocenters. The van der Waals surface area contributed by atoms with Gasteiger partial charge in [-0.1, -0.05) is 11.6 Å². The minimum atomic E-state index is -3.98. The summed E-state index contributed by atoms with van der Waals surface area (Å²) >= 11 is 6.20. The van der Waals surface area contributed by atoms with E-state index in [1.807, 2.05) is 0 Å². The molecule has 12 heteroatoms. The topological polar surface area (TPSA) is 120 Å². The van der Waals surface area contributed by atoms with Gasteiger partial charge in [0.1, 0.15) is 10.5 Å². The lowest BCUT2D eigenvalue weighted by Gasteiger charge is -2.03. The van der Waals surface area contributed by atoms with Crippen LogP contribution in [-0.4, -0.2) is 28.1 Å². The van der Waals surface area contributed by atoms with Crippen molar-refractivity contribution in [2.75, 3.05) is 4.72 Å². The maximum Gasteiger partial charge on any atom is 0.300 e. The predicted molar refractivity (Wildman–Crippen MR) is 67.8 cm³/mol. The van der Waals surface area contributed by atoms with Gasteiger partial charge in [0.2, 0.25) is 5.95 Å². The van der Waals surface area contributed by atoms with Gasteiger partial charge in [0, 0.05) is 13.1 Å². The first-order valence-electron chi connectivity index (χ1n) is 4.62. The van der Waals surface area contributed by atoms with Gasteiger partial charge in [-0.3, -0.25) is 10.1 Å². The Balaban J connectivity index is 2.38. The molecule has 2 heterocycles. The first-order chi connectivity index (χ1) is 8.81. The van der Waals surface area contributed by atoms with E-state index >= 15 is 0 Å². The van der Waals surface area contributed by atoms with Crippen LogP contribution >= 0.6 is 22.9 Å². The van der Waals surface area contributed by atoms with Gasteiger partial charge in [0.05, 0.1) is 4.92 Å². The summed E-state index contributed by atoms with van der Waals surface area (Å²) in [7, 11) is -2.49. The number of nitrogens with one attached hydrogen (secondary N) is 1. The third-order valence-electron chi connectivity index (χ3n) is 2.04. The summed E-state index contributed by atoms with van der Waals surface area (Å²) in [6, 6.07) is 0.895. The molecular formula is C7H6ClN5O4S2. The predicted octanol–water partition coefficient (Wildman–Crippen LogP) is 1.24. The normalized spacial score (nSPS) is 11.5. The third-order valence-corrected chi connectivity index (χ3v) is 5.18. The molecule has 0 radical (unpaired) electrons. The van der Waals surface area contributed by atoms with E-state index in [1.165, 1.54) is 18.1 Å². The SMILES string of the molecule is Cn1ncnc1NS(=O)(=O)c1cc([N+](=O)[O-])c(Cl)s1. The minimum Gasteiger partial charge on any atom is -0.258 e. The highest BCUT2D eigenvalue weighted by Crippen LogP contribution is 2.36. The first-order valence-corrected chi connectivity index (χ1v) is 7.29. The number of sulfonamides is 1. The van der Waals surface area contributed by atoms with Crippen molar-refractivity contribution in [1.29, 1.82) is 0 Å². The zero-order chi connectivity index (χ0) is 14.2. The van der Waals surface area contributed by atoms with E-state index in [1.54, 1.807) is 0 Å². The summed E-state index contributed by atoms with van der Waals surface area (Å²) in [6.07, 6.45) is 1.17. The number of nitrogens with zero attached hydrogens (tertiary/aromatic N) is 4. The number of aromatic nitrogens is 3. The Morgan fingerprint density at radius 2 is 2.26 bits per heavy atom. The maximum absolute atomic E-state index is 12.0. The second-order valence-electron chi connectivity index (χ2n) is 3.29. The smallest absolute Gasteiger partial charge is 0.258 e. The molecular weight excluding hydrogens is 318 g/mol. The largest absolute Gasteiger partial charge is 0.300 e. The highest BCUT2D eigenvalue weighted by molar-refractivity contribution is 7.94. The van der Waals surface area contributed by atoms with Gasteiger partial charge in [-0.05, 0) is 0 Å². The molecule has 2 aromatic rings. The number of aryl methyl sites for hydroxylation is 1. The van der Waals surface area contributed by atoms with Gasteiger partial charge >= 0.3 is 0 Å². The summed E-state index contributed by atoms with van der Waals surface area (Å²) in [5.41, 5.74) is -0.454. The molecule has 102 valence electrons. The van der Waals surface area contributed by atoms with Crippen LogP contribution in [0.25, 0.3) is 0 Å². The van der Waals surface area contributed by atoms with Crippen LogP contribution in [0.4, 0.5) is 11.6 Å². The lowest BCUT2D eigenvalue weighted by molar-refractivity contribution is -0.384. The standard InChI is InChI=1S/C7H6ClN5O4S2/c1-12-7(9-3-10-12)11-19(16,17)5-2-4(13(14)15)6(8)18-5/h2-3H,1H3,(H,9,10,11). The van der Waals surface area contributed by atoms with E-state index in [0.29, 0.717) is 11.3 Å². The lowest BCUT2D eigenvalue weighted by atomic mass is 10.6. The van der Waals surface area contributed by atoms with Crippen molar-refractivity contribution >= 4 is 44.6 Å². The average Bonchev–Trinajstić information content (AvgIpc) is 2.86. The van der Waals surface area contributed by atoms with Crippen molar-refractivity contribution in [3.05, 3.63) is 26.8 Å². The second-order valence-corrected chi connectivity index (χ2v) is 6.86. The molecule has 19 heavy (non-hydrogen) atoms. The van der Waals surface area contributed by atoms with E-state index < -0.39 is 20.6 Å². The molecule has 0 spiro atoms. The van der Waals surface area contributed by atoms with Crippen LogP contribution in [0.1, 0.15) is 0 Å². The Morgan fingerprint density at radius 3 is 2.74 bits per heavy atom. The Bertz CT molecular complexity index is 737. The van der Waals surface area contributed by atoms with Crippen LogP contribution in [0, 0.1) is 10.1 Å². The Morgan fingerprint density at radius 1 is 1.58 bits per heavy atom. The molecule has 0 amide bonds. The Hall–Kier alpha value is -1.72. The summed E-state index contributed by atoms with van der Waals surface area (Å²) in [5.74, 6) is -0.00724. The molecule has 2 rings (SSSR count). The Kier molecular flexibility index (Phi) is 3.43. The van der Waals surface area contributed by atoms with Crippen molar-refractivity contribution < 1.29 is 13.3 Å². The Labute approximate surface area is 116 Å². The van der Waals surface area contributed by atoms with E-state index in [-0.39, 0.29) is 14.5 Å². The van der Waals surface area contributed by atoms with Crippen molar-refractivity contribution in [1.82, 2.24) is 14.8 Å². The number of halogens is 1. The number of nitro groups is 1. The third kappa shape index (κ3) is 2.67. The fraction of sp³-hybridized carbons (Fsp3) is 0.143. The van der Waals surface area contributed by atoms with Crippen molar-refractivity contribution in [3.63, 3.8) is 0 Å². The highest BCUT2D eigenvalue weighted by Gasteiger charge is 2.26. The van der Waals surface area contributed by atoms with E-state index in [2.05, 4.69) is 14.8 Å². The fourth-order valence-corrected chi connectivity index (χ4v) is 3.86. The minimum absolute atomic E-state index is 0.00724. The molecule has 0 aromatic carbocycles. The zero-order valence-corrected chi connectivity index (χ0v) is 11.7. The number of rotatable bonds is 4. The fourth-order valence-electron chi connectivity index (χ4n) is 1.15. The van der Waals surface area contributed by atoms with Crippen LogP contribution < -0.4 is 4.72 Å². The van der Waals surface area contributed by atoms with Gasteiger partial charge in [0.25, 0.3) is 15.7 Å². The molecule has 0 aliphatic rings. The van der Waals surface area contributed by atoms with Crippen molar-refractivity contribution in [2.24, 2.45) is 7.05 Å². The number of hydrogen-bond donors (Lipinski definition) is 1. The number of thiophene rings is 1. The van der Waals surface area contributed by atoms with Crippen LogP contribution in [0.5, 0.6) is 0 Å². The van der Waals surface area contributed by atoms with Crippen LogP contribution in [-0.2, 0) is 17.1 Å². The molecule has 0 bridgehead atoms. The number of anilines is 1. The summed E-state index contributed by atoms with van der Waals surface area (Å²) in [6.45, 7) is 0. The molecule has 0 aliphatic heterocycles. The summed E-state index contributed by atoms with van der Waals surface area (Å²) in [5, 5.41) is 14.3. The second kappa shape index (κ2) is 4.75. The molecule has 0 saturated carbocycles. The van der Waals surface area contributed by atoms with Gasteiger partial charge in [-0.2, -0.15) is 10.1 Å². The van der Waals surface area contributed by atoms with Gasteiger partial charge in [-0.25, -0.2) is 17.8 Å². The molecule has 2 aromatic heterocycles. The van der Waals surface area contributed by atoms with E-state index in [0.717, 1.165) is 6.07 Å². The maximum atomic E-state index is 12.0. The van der Waals surface area contributed by atoms with Gasteiger partial charge in [-0.15, -0.1) is 11.3 Å². The van der Waals surface area contributed by atoms with Gasteiger partial charge in [0.15, 0.2) is 4.34 Å². The van der Waals surface area contributed by atoms with E-state index in [4.69, 9.17) is 11.6 Å². The quantitative estimate of drug-likeness (QED) is 0.667. The highest BCUT2D eigenvalue weighted by atomic mass is 35.5. The molecule has 0 aliphatic carbocycles. The molecule has 0 fully saturated rings.